The lowest BCUT2D eigenvalue weighted by Crippen LogP contribution is -2.14. The van der Waals surface area contributed by atoms with Crippen LogP contribution in [0.15, 0.2) is 115 Å². The van der Waals surface area contributed by atoms with E-state index in [0.29, 0.717) is 5.92 Å². The molecule has 0 fully saturated rings. The smallest absolute Gasteiger partial charge is 0.0400 e. The number of allylic oxidation sites excluding steroid dienone is 2. The normalized spacial score (nSPS) is 12.6. The molecular weight excluding hydrogens is 436 g/mol. The van der Waals surface area contributed by atoms with Crippen molar-refractivity contribution in [2.75, 3.05) is 0 Å². The van der Waals surface area contributed by atoms with Crippen LogP contribution in [0.4, 0.5) is 0 Å². The molecule has 0 radical (unpaired) electrons. The van der Waals surface area contributed by atoms with E-state index in [1.165, 1.54) is 44.5 Å². The molecule has 0 spiro atoms. The highest BCUT2D eigenvalue weighted by atomic mass is 14.9. The van der Waals surface area contributed by atoms with E-state index in [0.717, 1.165) is 25.1 Å². The quantitative estimate of drug-likeness (QED) is 0.295. The topological polar surface area (TPSA) is 24.9 Å². The minimum absolute atomic E-state index is 0.415. The molecule has 2 heteroatoms. The van der Waals surface area contributed by atoms with E-state index in [9.17, 15) is 0 Å². The van der Waals surface area contributed by atoms with Crippen molar-refractivity contribution >= 4 is 6.08 Å². The molecule has 1 aliphatic rings. The van der Waals surface area contributed by atoms with Gasteiger partial charge in [-0.1, -0.05) is 104 Å². The van der Waals surface area contributed by atoms with Crippen LogP contribution in [0.5, 0.6) is 0 Å². The summed E-state index contributed by atoms with van der Waals surface area (Å²) in [5.74, 6) is 0.415. The maximum absolute atomic E-state index is 4.26. The van der Waals surface area contributed by atoms with Gasteiger partial charge in [-0.3, -0.25) is 4.98 Å². The summed E-state index contributed by atoms with van der Waals surface area (Å²) in [4.78, 5) is 4.14. The van der Waals surface area contributed by atoms with Gasteiger partial charge in [0.2, 0.25) is 0 Å². The van der Waals surface area contributed by atoms with Crippen LogP contribution >= 0.6 is 0 Å². The lowest BCUT2D eigenvalue weighted by Gasteiger charge is -2.13. The molecule has 1 aromatic heterocycles. The van der Waals surface area contributed by atoms with Crippen LogP contribution in [0, 0.1) is 13.8 Å². The molecule has 36 heavy (non-hydrogen) atoms. The molecule has 2 nitrogen and oxygen atoms in total. The van der Waals surface area contributed by atoms with E-state index in [4.69, 9.17) is 0 Å². The highest BCUT2D eigenvalue weighted by Crippen LogP contribution is 2.35. The average Bonchev–Trinajstić information content (AvgIpc) is 3.33. The van der Waals surface area contributed by atoms with Crippen LogP contribution in [0.25, 0.3) is 6.08 Å². The van der Waals surface area contributed by atoms with E-state index in [-0.39, 0.29) is 0 Å². The zero-order valence-electron chi connectivity index (χ0n) is 21.7. The van der Waals surface area contributed by atoms with E-state index in [1.54, 1.807) is 0 Å². The van der Waals surface area contributed by atoms with Crippen LogP contribution in [-0.4, -0.2) is 4.98 Å². The van der Waals surface area contributed by atoms with Gasteiger partial charge in [-0.05, 0) is 65.8 Å². The average molecular weight is 473 g/mol. The number of aromatic nitrogens is 1. The van der Waals surface area contributed by atoms with E-state index >= 15 is 0 Å². The Morgan fingerprint density at radius 3 is 2.28 bits per heavy atom. The molecule has 0 saturated carbocycles. The Balaban J connectivity index is 0.000000445. The van der Waals surface area contributed by atoms with Gasteiger partial charge in [0.1, 0.15) is 0 Å². The number of rotatable bonds is 7. The lowest BCUT2D eigenvalue weighted by atomic mass is 9.92. The largest absolute Gasteiger partial charge is 0.384 e. The Morgan fingerprint density at radius 1 is 0.917 bits per heavy atom. The monoisotopic (exact) mass is 472 g/mol. The number of benzene rings is 3. The number of hydrogen-bond acceptors (Lipinski definition) is 2. The molecule has 0 amide bonds. The highest BCUT2D eigenvalue weighted by molar-refractivity contribution is 5.66. The zero-order valence-corrected chi connectivity index (χ0v) is 21.7. The minimum Gasteiger partial charge on any atom is -0.384 e. The Hall–Kier alpha value is -3.91. The second-order valence-corrected chi connectivity index (χ2v) is 9.65. The number of nitrogens with one attached hydrogen (secondary N) is 1. The van der Waals surface area contributed by atoms with Gasteiger partial charge in [-0.15, -0.1) is 0 Å². The fourth-order valence-corrected chi connectivity index (χ4v) is 4.62. The van der Waals surface area contributed by atoms with Crippen molar-refractivity contribution in [3.8, 4) is 0 Å². The molecule has 1 aliphatic carbocycles. The van der Waals surface area contributed by atoms with E-state index < -0.39 is 0 Å². The van der Waals surface area contributed by atoms with Crippen LogP contribution < -0.4 is 5.32 Å². The van der Waals surface area contributed by atoms with Crippen molar-refractivity contribution in [3.63, 3.8) is 0 Å². The van der Waals surface area contributed by atoms with Crippen molar-refractivity contribution in [1.29, 1.82) is 0 Å². The summed E-state index contributed by atoms with van der Waals surface area (Å²) in [6.45, 7) is 11.7. The third kappa shape index (κ3) is 6.82. The van der Waals surface area contributed by atoms with Gasteiger partial charge in [-0.25, -0.2) is 0 Å². The molecule has 1 atom stereocenters. The maximum Gasteiger partial charge on any atom is 0.0400 e. The molecule has 1 N–H and O–H groups in total. The Labute approximate surface area is 216 Å². The van der Waals surface area contributed by atoms with E-state index in [2.05, 4.69) is 92.3 Å². The second-order valence-electron chi connectivity index (χ2n) is 9.65. The van der Waals surface area contributed by atoms with Crippen molar-refractivity contribution in [2.24, 2.45) is 0 Å². The van der Waals surface area contributed by atoms with Crippen LogP contribution in [-0.2, 0) is 19.4 Å². The SMILES string of the molecule is C=C(Cc1ccc2c(c1)C=C(C(C)c1ccncc1)C2)NCc1ccc(C)cc1C.c1ccccc1. The molecule has 5 rings (SSSR count). The van der Waals surface area contributed by atoms with Gasteiger partial charge in [0.25, 0.3) is 0 Å². The summed E-state index contributed by atoms with van der Waals surface area (Å²) in [6.07, 6.45) is 8.01. The summed E-state index contributed by atoms with van der Waals surface area (Å²) < 4.78 is 0. The maximum atomic E-state index is 4.26. The first kappa shape index (κ1) is 25.2. The fraction of sp³-hybridized carbons (Fsp3) is 0.206. The van der Waals surface area contributed by atoms with Crippen molar-refractivity contribution in [1.82, 2.24) is 10.3 Å². The minimum atomic E-state index is 0.415. The van der Waals surface area contributed by atoms with Gasteiger partial charge >= 0.3 is 0 Å². The molecular formula is C34H36N2. The molecule has 4 aromatic rings. The van der Waals surface area contributed by atoms with Gasteiger partial charge < -0.3 is 5.32 Å². The third-order valence-corrected chi connectivity index (χ3v) is 6.82. The zero-order chi connectivity index (χ0) is 25.3. The number of aryl methyl sites for hydroxylation is 2. The summed E-state index contributed by atoms with van der Waals surface area (Å²) >= 11 is 0. The second kappa shape index (κ2) is 12.2. The van der Waals surface area contributed by atoms with Crippen LogP contribution in [0.2, 0.25) is 0 Å². The van der Waals surface area contributed by atoms with Gasteiger partial charge in [0.05, 0.1) is 0 Å². The molecule has 3 aromatic carbocycles. The summed E-state index contributed by atoms with van der Waals surface area (Å²) in [5.41, 5.74) is 11.9. The third-order valence-electron chi connectivity index (χ3n) is 6.82. The fourth-order valence-electron chi connectivity index (χ4n) is 4.62. The molecule has 182 valence electrons. The first-order valence-corrected chi connectivity index (χ1v) is 12.7. The predicted molar refractivity (Wildman–Crippen MR) is 153 cm³/mol. The predicted octanol–water partition coefficient (Wildman–Crippen LogP) is 7.97. The van der Waals surface area contributed by atoms with Crippen molar-refractivity contribution in [3.05, 3.63) is 154 Å². The summed E-state index contributed by atoms with van der Waals surface area (Å²) in [7, 11) is 0. The van der Waals surface area contributed by atoms with Crippen molar-refractivity contribution in [2.45, 2.75) is 46.1 Å². The number of nitrogens with zero attached hydrogens (tertiary/aromatic N) is 1. The molecule has 1 unspecified atom stereocenters. The van der Waals surface area contributed by atoms with Crippen LogP contribution in [0.3, 0.4) is 0 Å². The Bertz CT molecular complexity index is 1290. The van der Waals surface area contributed by atoms with Crippen molar-refractivity contribution < 1.29 is 0 Å². The molecule has 0 bridgehead atoms. The lowest BCUT2D eigenvalue weighted by molar-refractivity contribution is 0.781. The Morgan fingerprint density at radius 2 is 1.61 bits per heavy atom. The van der Waals surface area contributed by atoms with Gasteiger partial charge in [0, 0.05) is 37.0 Å². The molecule has 0 saturated heterocycles. The first-order valence-electron chi connectivity index (χ1n) is 12.7. The highest BCUT2D eigenvalue weighted by Gasteiger charge is 2.19. The van der Waals surface area contributed by atoms with Gasteiger partial charge in [-0.2, -0.15) is 0 Å². The summed E-state index contributed by atoms with van der Waals surface area (Å²) in [6, 6.07) is 29.7. The first-order chi connectivity index (χ1) is 17.5. The Kier molecular flexibility index (Phi) is 8.52. The van der Waals surface area contributed by atoms with Gasteiger partial charge in [0.15, 0.2) is 0 Å². The summed E-state index contributed by atoms with van der Waals surface area (Å²) in [5, 5.41) is 3.51. The van der Waals surface area contributed by atoms with Crippen LogP contribution in [0.1, 0.15) is 51.8 Å². The standard InChI is InChI=1S/C28H30N2.C6H6/c1-19-5-7-26(20(2)13-19)18-30-21(3)14-23-6-8-25-16-27(17-28(25)15-23)22(4)24-9-11-29-12-10-24;1-2-4-6-5-3-1/h5-13,15,17,22,30H,3,14,16,18H2,1-2,4H3;1-6H. The number of pyridine rings is 1. The molecule has 1 heterocycles. The number of fused-ring (bicyclic) bond motifs is 1. The van der Waals surface area contributed by atoms with E-state index in [1.807, 2.05) is 48.8 Å². The molecule has 0 aliphatic heterocycles. The number of hydrogen-bond donors (Lipinski definition) is 1.